The van der Waals surface area contributed by atoms with Gasteiger partial charge in [-0.15, -0.1) is 0 Å². The van der Waals surface area contributed by atoms with E-state index in [-0.39, 0.29) is 0 Å². The van der Waals surface area contributed by atoms with Gasteiger partial charge in [0.15, 0.2) is 0 Å². The van der Waals surface area contributed by atoms with E-state index in [0.29, 0.717) is 0 Å². The molecule has 0 bridgehead atoms. The number of rotatable bonds is 10. The minimum Gasteiger partial charge on any atom is -0.331 e. The quantitative estimate of drug-likeness (QED) is 0.319. The van der Waals surface area contributed by atoms with E-state index < -0.39 is 66.1 Å². The van der Waals surface area contributed by atoms with Gasteiger partial charge in [-0.3, -0.25) is 0 Å². The maximum absolute atomic E-state index is 13.2. The first-order chi connectivity index (χ1) is 13.9. The highest BCUT2D eigenvalue weighted by molar-refractivity contribution is 5.17. The van der Waals surface area contributed by atoms with Gasteiger partial charge in [0, 0.05) is 0 Å². The molecule has 22 heteroatoms. The summed E-state index contributed by atoms with van der Waals surface area (Å²) in [5, 5.41) is 7.41. The molecule has 0 aliphatic rings. The molecular weight excluding hydrogens is 547 g/mol. The lowest BCUT2D eigenvalue weighted by molar-refractivity contribution is -0.476. The Bertz CT molecular complexity index is 701. The minimum atomic E-state index is -9.13. The number of hydrogen-bond donors (Lipinski definition) is 1. The van der Waals surface area contributed by atoms with Crippen molar-refractivity contribution in [3.63, 3.8) is 0 Å². The Kier molecular flexibility index (Phi) is 7.40. The van der Waals surface area contributed by atoms with E-state index in [2.05, 4.69) is 0 Å². The summed E-state index contributed by atoms with van der Waals surface area (Å²) in [7, 11) is 0. The second-order valence-electron chi connectivity index (χ2n) is 5.92. The molecule has 1 N–H and O–H groups in total. The van der Waals surface area contributed by atoms with Crippen molar-refractivity contribution >= 4 is 0 Å². The van der Waals surface area contributed by atoms with Gasteiger partial charge in [0.2, 0.25) is 6.17 Å². The summed E-state index contributed by atoms with van der Waals surface area (Å²) >= 11 is 0. The highest BCUT2D eigenvalue weighted by Crippen LogP contribution is 2.65. The molecule has 0 saturated heterocycles. The summed E-state index contributed by atoms with van der Waals surface area (Å²) < 4.78 is 269. The molecule has 1 atom stereocenters. The Morgan fingerprint density at radius 2 is 0.576 bits per heavy atom. The first kappa shape index (κ1) is 31.5. The van der Waals surface area contributed by atoms with Crippen molar-refractivity contribution in [1.29, 1.82) is 0 Å². The van der Waals surface area contributed by atoms with Crippen LogP contribution in [0.3, 0.4) is 0 Å². The Labute approximate surface area is 165 Å². The third kappa shape index (κ3) is 3.82. The van der Waals surface area contributed by atoms with E-state index in [1.54, 1.807) is 0 Å². The third-order valence-corrected chi connectivity index (χ3v) is 3.73. The molecule has 0 rings (SSSR count). The van der Waals surface area contributed by atoms with Crippen molar-refractivity contribution < 1.29 is 97.3 Å². The van der Waals surface area contributed by atoms with Gasteiger partial charge in [-0.2, -0.15) is 79.0 Å². The van der Waals surface area contributed by atoms with Crippen LogP contribution in [0.15, 0.2) is 0 Å². The molecule has 0 fully saturated rings. The van der Waals surface area contributed by atoms with Gasteiger partial charge < -0.3 is 5.11 Å². The van der Waals surface area contributed by atoms with Crippen LogP contribution < -0.4 is 0 Å². The number of hydrogen-bond acceptors (Lipinski definition) is 1. The molecule has 0 aliphatic heterocycles. The Balaban J connectivity index is 6.96. The SMILES string of the molecule is OC(F)(F)C(F)(F)C(F)(F)C(F)(F)C(F)(F)C(F)(F)C(F)(F)C(F)(F)C(F)(F)C(F)C(F)F. The lowest BCUT2D eigenvalue weighted by atomic mass is 9.86. The second-order valence-corrected chi connectivity index (χ2v) is 5.92. The van der Waals surface area contributed by atoms with Crippen LogP contribution in [-0.4, -0.2) is 71.2 Å². The lowest BCUT2D eigenvalue weighted by Crippen LogP contribution is -2.76. The summed E-state index contributed by atoms with van der Waals surface area (Å²) in [5.41, 5.74) is 0. The Morgan fingerprint density at radius 1 is 0.364 bits per heavy atom. The molecule has 200 valence electrons. The molecule has 1 nitrogen and oxygen atoms in total. The molecule has 0 aliphatic carbocycles. The lowest BCUT2D eigenvalue weighted by Gasteiger charge is -2.44. The fourth-order valence-electron chi connectivity index (χ4n) is 1.72. The van der Waals surface area contributed by atoms with Gasteiger partial charge in [-0.25, -0.2) is 13.2 Å². The third-order valence-electron chi connectivity index (χ3n) is 3.73. The summed E-state index contributed by atoms with van der Waals surface area (Å²) in [6.07, 6.45) is -18.9. The van der Waals surface area contributed by atoms with Gasteiger partial charge in [0.25, 0.3) is 6.43 Å². The maximum Gasteiger partial charge on any atom is 0.423 e. The van der Waals surface area contributed by atoms with Gasteiger partial charge in [0.05, 0.1) is 0 Å². The van der Waals surface area contributed by atoms with E-state index >= 15 is 0 Å². The average molecular weight is 550 g/mol. The number of aliphatic hydroxyl groups is 1. The van der Waals surface area contributed by atoms with Gasteiger partial charge in [-0.05, 0) is 0 Å². The van der Waals surface area contributed by atoms with Crippen molar-refractivity contribution in [2.45, 2.75) is 66.1 Å². The largest absolute Gasteiger partial charge is 0.423 e. The number of halogens is 21. The zero-order valence-electron chi connectivity index (χ0n) is 14.0. The standard InChI is InChI=1S/C11H3F21O/c12-1(2(13)14)3(15,16)4(17,18)5(19,20)6(21,22)7(23,24)8(25,26)9(27,28)10(29,30)11(31,32)33/h1-2,33H. The molecule has 0 heterocycles. The molecule has 1 unspecified atom stereocenters. The highest BCUT2D eigenvalue weighted by Gasteiger charge is 2.96. The van der Waals surface area contributed by atoms with Crippen molar-refractivity contribution in [1.82, 2.24) is 0 Å². The molecule has 0 aromatic heterocycles. The first-order valence-electron chi connectivity index (χ1n) is 6.90. The van der Waals surface area contributed by atoms with E-state index in [0.717, 1.165) is 0 Å². The fourth-order valence-corrected chi connectivity index (χ4v) is 1.72. The smallest absolute Gasteiger partial charge is 0.331 e. The summed E-state index contributed by atoms with van der Waals surface area (Å²) in [5.74, 6) is -69.6. The summed E-state index contributed by atoms with van der Waals surface area (Å²) in [6.45, 7) is 0. The molecule has 0 aromatic rings. The van der Waals surface area contributed by atoms with E-state index in [9.17, 15) is 92.2 Å². The fraction of sp³-hybridized carbons (Fsp3) is 1.00. The summed E-state index contributed by atoms with van der Waals surface area (Å²) in [4.78, 5) is 0. The molecule has 33 heavy (non-hydrogen) atoms. The van der Waals surface area contributed by atoms with Crippen molar-refractivity contribution in [3.8, 4) is 0 Å². The van der Waals surface area contributed by atoms with Crippen molar-refractivity contribution in [2.75, 3.05) is 0 Å². The van der Waals surface area contributed by atoms with E-state index in [1.807, 2.05) is 0 Å². The molecular formula is C11H3F21O. The van der Waals surface area contributed by atoms with Crippen molar-refractivity contribution in [2.24, 2.45) is 0 Å². The molecule has 0 radical (unpaired) electrons. The minimum absolute atomic E-state index is 5.47. The zero-order chi connectivity index (χ0) is 27.7. The predicted molar refractivity (Wildman–Crippen MR) is 57.6 cm³/mol. The molecule has 0 saturated carbocycles. The van der Waals surface area contributed by atoms with E-state index in [1.165, 1.54) is 0 Å². The van der Waals surface area contributed by atoms with Gasteiger partial charge >= 0.3 is 53.5 Å². The normalized spacial score (nSPS) is 17.5. The topological polar surface area (TPSA) is 20.2 Å². The van der Waals surface area contributed by atoms with Crippen LogP contribution in [0.1, 0.15) is 0 Å². The van der Waals surface area contributed by atoms with Gasteiger partial charge in [0.1, 0.15) is 0 Å². The summed E-state index contributed by atoms with van der Waals surface area (Å²) in [6, 6.07) is 0. The van der Waals surface area contributed by atoms with Gasteiger partial charge in [-0.1, -0.05) is 0 Å². The molecule has 0 spiro atoms. The monoisotopic (exact) mass is 550 g/mol. The number of alkyl halides is 21. The zero-order valence-corrected chi connectivity index (χ0v) is 14.0. The maximum atomic E-state index is 13.2. The Hall–Kier alpha value is -1.51. The second kappa shape index (κ2) is 7.75. The van der Waals surface area contributed by atoms with Crippen LogP contribution in [0.5, 0.6) is 0 Å². The van der Waals surface area contributed by atoms with Crippen LogP contribution in [0.4, 0.5) is 92.2 Å². The first-order valence-corrected chi connectivity index (χ1v) is 6.90. The average Bonchev–Trinajstić information content (AvgIpc) is 2.58. The highest BCUT2D eigenvalue weighted by atomic mass is 19.4. The van der Waals surface area contributed by atoms with Crippen LogP contribution in [0.25, 0.3) is 0 Å². The van der Waals surface area contributed by atoms with Crippen molar-refractivity contribution in [3.05, 3.63) is 0 Å². The van der Waals surface area contributed by atoms with Crippen LogP contribution in [-0.2, 0) is 0 Å². The van der Waals surface area contributed by atoms with Crippen LogP contribution >= 0.6 is 0 Å². The predicted octanol–water partition coefficient (Wildman–Crippen LogP) is 6.26. The van der Waals surface area contributed by atoms with Crippen LogP contribution in [0.2, 0.25) is 0 Å². The molecule has 0 aromatic carbocycles. The Morgan fingerprint density at radius 3 is 0.788 bits per heavy atom. The van der Waals surface area contributed by atoms with E-state index in [4.69, 9.17) is 5.11 Å². The molecule has 0 amide bonds. The van der Waals surface area contributed by atoms with Crippen LogP contribution in [0, 0.1) is 0 Å².